The van der Waals surface area contributed by atoms with Crippen LogP contribution in [0.5, 0.6) is 0 Å². The summed E-state index contributed by atoms with van der Waals surface area (Å²) < 4.78 is 5.13. The molecule has 2 saturated heterocycles. The second-order valence-electron chi connectivity index (χ2n) is 7.19. The lowest BCUT2D eigenvalue weighted by atomic mass is 10.2. The Bertz CT molecular complexity index is 652. The number of carbonyl (C=O) groups is 1. The number of amides is 1. The highest BCUT2D eigenvalue weighted by molar-refractivity contribution is 14.0. The fourth-order valence-corrected chi connectivity index (χ4v) is 3.73. The predicted octanol–water partition coefficient (Wildman–Crippen LogP) is 0.742. The van der Waals surface area contributed by atoms with Gasteiger partial charge in [0.05, 0.1) is 6.04 Å². The highest BCUT2D eigenvalue weighted by Crippen LogP contribution is 2.14. The van der Waals surface area contributed by atoms with Gasteiger partial charge in [0.2, 0.25) is 11.8 Å². The van der Waals surface area contributed by atoms with Gasteiger partial charge in [-0.2, -0.15) is 4.98 Å². The Morgan fingerprint density at radius 2 is 1.86 bits per heavy atom. The Morgan fingerprint density at radius 3 is 2.43 bits per heavy atom. The number of guanidine groups is 1. The van der Waals surface area contributed by atoms with Crippen molar-refractivity contribution in [2.45, 2.75) is 39.2 Å². The van der Waals surface area contributed by atoms with E-state index in [0.29, 0.717) is 24.7 Å². The monoisotopic (exact) mass is 505 g/mol. The summed E-state index contributed by atoms with van der Waals surface area (Å²) in [6.45, 7) is 9.82. The minimum atomic E-state index is -0.0407. The standard InChI is InChI=1S/C18H31N7O2.HI/c1-14(17(26)24-8-4-5-9-24)23-10-12-25(13-11-23)18(19-3)20-7-6-16-21-15(2)22-27-16;/h14H,4-13H2,1-3H3,(H,19,20);1H. The molecule has 10 heteroatoms. The SMILES string of the molecule is CN=C(NCCc1nc(C)no1)N1CCN(C(C)C(=O)N2CCCC2)CC1.I. The number of hydrogen-bond donors (Lipinski definition) is 1. The Morgan fingerprint density at radius 1 is 1.18 bits per heavy atom. The average Bonchev–Trinajstić information content (AvgIpc) is 3.36. The van der Waals surface area contributed by atoms with Crippen LogP contribution < -0.4 is 5.32 Å². The molecule has 1 N–H and O–H groups in total. The number of likely N-dealkylation sites (tertiary alicyclic amines) is 1. The Hall–Kier alpha value is -1.43. The lowest BCUT2D eigenvalue weighted by Gasteiger charge is -2.39. The molecule has 1 aromatic rings. The van der Waals surface area contributed by atoms with Gasteiger partial charge in [0.15, 0.2) is 11.8 Å². The molecule has 0 spiro atoms. The van der Waals surface area contributed by atoms with E-state index >= 15 is 0 Å². The van der Waals surface area contributed by atoms with Crippen LogP contribution in [-0.4, -0.2) is 95.6 Å². The molecule has 158 valence electrons. The molecule has 0 aromatic carbocycles. The first-order chi connectivity index (χ1) is 13.1. The Kier molecular flexibility index (Phi) is 8.93. The summed E-state index contributed by atoms with van der Waals surface area (Å²) in [4.78, 5) is 27.7. The van der Waals surface area contributed by atoms with E-state index in [9.17, 15) is 4.79 Å². The molecule has 3 rings (SSSR count). The number of carbonyl (C=O) groups excluding carboxylic acids is 1. The second kappa shape index (κ2) is 10.9. The molecule has 28 heavy (non-hydrogen) atoms. The van der Waals surface area contributed by atoms with Crippen molar-refractivity contribution in [2.24, 2.45) is 4.99 Å². The van der Waals surface area contributed by atoms with Crippen LogP contribution in [0.4, 0.5) is 0 Å². The molecule has 1 amide bonds. The summed E-state index contributed by atoms with van der Waals surface area (Å²) in [7, 11) is 1.80. The smallest absolute Gasteiger partial charge is 0.239 e. The number of rotatable bonds is 5. The normalized spacial score (nSPS) is 19.5. The fraction of sp³-hybridized carbons (Fsp3) is 0.778. The summed E-state index contributed by atoms with van der Waals surface area (Å²) in [6, 6.07) is -0.0407. The molecule has 2 fully saturated rings. The van der Waals surface area contributed by atoms with E-state index in [1.165, 1.54) is 0 Å². The van der Waals surface area contributed by atoms with Crippen molar-refractivity contribution >= 4 is 35.8 Å². The quantitative estimate of drug-likeness (QED) is 0.359. The van der Waals surface area contributed by atoms with Crippen LogP contribution in [0, 0.1) is 6.92 Å². The molecule has 1 unspecified atom stereocenters. The highest BCUT2D eigenvalue weighted by Gasteiger charge is 2.30. The van der Waals surface area contributed by atoms with Crippen LogP contribution >= 0.6 is 24.0 Å². The summed E-state index contributed by atoms with van der Waals surface area (Å²) in [6.07, 6.45) is 2.94. The number of halogens is 1. The first-order valence-corrected chi connectivity index (χ1v) is 9.86. The molecule has 1 aromatic heterocycles. The average molecular weight is 505 g/mol. The van der Waals surface area contributed by atoms with Crippen molar-refractivity contribution in [2.75, 3.05) is 52.9 Å². The second-order valence-corrected chi connectivity index (χ2v) is 7.19. The van der Waals surface area contributed by atoms with Crippen molar-refractivity contribution in [3.8, 4) is 0 Å². The number of piperazine rings is 1. The minimum Gasteiger partial charge on any atom is -0.356 e. The fourth-order valence-electron chi connectivity index (χ4n) is 3.73. The lowest BCUT2D eigenvalue weighted by molar-refractivity contribution is -0.135. The molecule has 0 bridgehead atoms. The van der Waals surface area contributed by atoms with E-state index in [4.69, 9.17) is 4.52 Å². The van der Waals surface area contributed by atoms with Crippen LogP contribution in [0.25, 0.3) is 0 Å². The minimum absolute atomic E-state index is 0. The van der Waals surface area contributed by atoms with E-state index in [0.717, 1.165) is 58.1 Å². The molecule has 0 radical (unpaired) electrons. The van der Waals surface area contributed by atoms with Crippen LogP contribution in [0.1, 0.15) is 31.5 Å². The van der Waals surface area contributed by atoms with Gasteiger partial charge in [-0.05, 0) is 26.7 Å². The summed E-state index contributed by atoms with van der Waals surface area (Å²) in [5, 5.41) is 7.16. The first-order valence-electron chi connectivity index (χ1n) is 9.86. The maximum absolute atomic E-state index is 12.6. The predicted molar refractivity (Wildman–Crippen MR) is 118 cm³/mol. The molecule has 1 atom stereocenters. The van der Waals surface area contributed by atoms with E-state index < -0.39 is 0 Å². The Labute approximate surface area is 183 Å². The van der Waals surface area contributed by atoms with Crippen LogP contribution in [0.15, 0.2) is 9.52 Å². The number of aryl methyl sites for hydroxylation is 1. The molecule has 3 heterocycles. The highest BCUT2D eigenvalue weighted by atomic mass is 127. The van der Waals surface area contributed by atoms with E-state index in [-0.39, 0.29) is 35.9 Å². The van der Waals surface area contributed by atoms with Crippen molar-refractivity contribution in [1.29, 1.82) is 0 Å². The van der Waals surface area contributed by atoms with Gasteiger partial charge in [-0.25, -0.2) is 0 Å². The molecule has 0 saturated carbocycles. The number of nitrogens with zero attached hydrogens (tertiary/aromatic N) is 6. The molecule has 9 nitrogen and oxygen atoms in total. The van der Waals surface area contributed by atoms with Gasteiger partial charge >= 0.3 is 0 Å². The zero-order valence-electron chi connectivity index (χ0n) is 17.1. The van der Waals surface area contributed by atoms with Crippen molar-refractivity contribution in [3.05, 3.63) is 11.7 Å². The molecule has 0 aliphatic carbocycles. The van der Waals surface area contributed by atoms with Gasteiger partial charge in [0.25, 0.3) is 0 Å². The van der Waals surface area contributed by atoms with Crippen LogP contribution in [0.2, 0.25) is 0 Å². The van der Waals surface area contributed by atoms with Gasteiger partial charge < -0.3 is 19.6 Å². The zero-order chi connectivity index (χ0) is 19.2. The Balaban J connectivity index is 0.00000280. The van der Waals surface area contributed by atoms with Gasteiger partial charge in [0.1, 0.15) is 0 Å². The largest absolute Gasteiger partial charge is 0.356 e. The first kappa shape index (κ1) is 22.9. The maximum Gasteiger partial charge on any atom is 0.239 e. The number of hydrogen-bond acceptors (Lipinski definition) is 6. The van der Waals surface area contributed by atoms with Crippen molar-refractivity contribution < 1.29 is 9.32 Å². The molecule has 2 aliphatic rings. The van der Waals surface area contributed by atoms with Crippen molar-refractivity contribution in [3.63, 3.8) is 0 Å². The van der Waals surface area contributed by atoms with Crippen LogP contribution in [0.3, 0.4) is 0 Å². The summed E-state index contributed by atoms with van der Waals surface area (Å²) in [5.41, 5.74) is 0. The summed E-state index contributed by atoms with van der Waals surface area (Å²) >= 11 is 0. The number of nitrogens with one attached hydrogen (secondary N) is 1. The summed E-state index contributed by atoms with van der Waals surface area (Å²) in [5.74, 6) is 2.44. The maximum atomic E-state index is 12.6. The van der Waals surface area contributed by atoms with Crippen LogP contribution in [-0.2, 0) is 11.2 Å². The van der Waals surface area contributed by atoms with E-state index in [1.807, 2.05) is 18.7 Å². The zero-order valence-corrected chi connectivity index (χ0v) is 19.4. The topological polar surface area (TPSA) is 90.1 Å². The van der Waals surface area contributed by atoms with E-state index in [1.54, 1.807) is 7.05 Å². The van der Waals surface area contributed by atoms with E-state index in [2.05, 4.69) is 30.2 Å². The third kappa shape index (κ3) is 5.79. The third-order valence-corrected chi connectivity index (χ3v) is 5.34. The van der Waals surface area contributed by atoms with Gasteiger partial charge in [-0.1, -0.05) is 5.16 Å². The molecule has 2 aliphatic heterocycles. The molecular formula is C18H32IN7O2. The molecular weight excluding hydrogens is 473 g/mol. The number of aliphatic imine (C=N–C) groups is 1. The third-order valence-electron chi connectivity index (χ3n) is 5.34. The van der Waals surface area contributed by atoms with Gasteiger partial charge in [0, 0.05) is 59.3 Å². The lowest BCUT2D eigenvalue weighted by Crippen LogP contribution is -2.57. The van der Waals surface area contributed by atoms with Crippen molar-refractivity contribution in [1.82, 2.24) is 30.2 Å². The van der Waals surface area contributed by atoms with Gasteiger partial charge in [-0.15, -0.1) is 24.0 Å². The van der Waals surface area contributed by atoms with Gasteiger partial charge in [-0.3, -0.25) is 14.7 Å². The number of aromatic nitrogens is 2.